The summed E-state index contributed by atoms with van der Waals surface area (Å²) in [4.78, 5) is 19.2. The van der Waals surface area contributed by atoms with Crippen LogP contribution in [-0.2, 0) is 6.54 Å². The van der Waals surface area contributed by atoms with E-state index in [1.807, 2.05) is 0 Å². The molecule has 0 unspecified atom stereocenters. The Hall–Kier alpha value is -3.19. The predicted octanol–water partition coefficient (Wildman–Crippen LogP) is 4.88. The number of rotatable bonds is 5. The molecule has 0 aliphatic rings. The zero-order valence-corrected chi connectivity index (χ0v) is 15.2. The smallest absolute Gasteiger partial charge is 0.260 e. The van der Waals surface area contributed by atoms with Gasteiger partial charge in [-0.25, -0.2) is 9.37 Å². The highest BCUT2D eigenvalue weighted by atomic mass is 32.1. The van der Waals surface area contributed by atoms with Crippen LogP contribution < -0.4 is 9.64 Å². The van der Waals surface area contributed by atoms with Crippen LogP contribution >= 0.6 is 11.3 Å². The monoisotopic (exact) mass is 382 g/mol. The van der Waals surface area contributed by atoms with Gasteiger partial charge in [-0.3, -0.25) is 9.69 Å². The summed E-state index contributed by atoms with van der Waals surface area (Å²) < 4.78 is 24.7. The van der Waals surface area contributed by atoms with Gasteiger partial charge in [0.1, 0.15) is 17.3 Å². The highest BCUT2D eigenvalue weighted by Gasteiger charge is 2.23. The van der Waals surface area contributed by atoms with E-state index in [1.165, 1.54) is 28.4 Å². The molecule has 1 amide bonds. The number of aromatic nitrogens is 1. The second-order valence-electron chi connectivity index (χ2n) is 5.81. The van der Waals surface area contributed by atoms with Crippen molar-refractivity contribution < 1.29 is 18.3 Å². The summed E-state index contributed by atoms with van der Waals surface area (Å²) in [7, 11) is 1.57. The maximum atomic E-state index is 13.5. The summed E-state index contributed by atoms with van der Waals surface area (Å²) in [6.07, 6.45) is 1.55. The third kappa shape index (κ3) is 3.54. The van der Waals surface area contributed by atoms with Crippen molar-refractivity contribution in [2.75, 3.05) is 12.0 Å². The van der Waals surface area contributed by atoms with Crippen molar-refractivity contribution in [2.24, 2.45) is 0 Å². The van der Waals surface area contributed by atoms with Crippen molar-refractivity contribution >= 4 is 32.6 Å². The van der Waals surface area contributed by atoms with Gasteiger partial charge < -0.3 is 9.15 Å². The number of carbonyl (C=O) groups excluding carboxylic acids is 1. The first-order valence-corrected chi connectivity index (χ1v) is 9.00. The highest BCUT2D eigenvalue weighted by Crippen LogP contribution is 2.31. The molecule has 27 heavy (non-hydrogen) atoms. The van der Waals surface area contributed by atoms with Crippen LogP contribution in [0.1, 0.15) is 16.1 Å². The lowest BCUT2D eigenvalue weighted by atomic mass is 10.2. The van der Waals surface area contributed by atoms with Gasteiger partial charge in [-0.2, -0.15) is 0 Å². The molecule has 136 valence electrons. The molecule has 2 aromatic carbocycles. The molecule has 0 aliphatic heterocycles. The summed E-state index contributed by atoms with van der Waals surface area (Å²) in [5.74, 6) is 0.729. The molecule has 5 nitrogen and oxygen atoms in total. The van der Waals surface area contributed by atoms with Crippen LogP contribution in [0.25, 0.3) is 10.2 Å². The van der Waals surface area contributed by atoms with Gasteiger partial charge in [-0.05, 0) is 54.6 Å². The minimum atomic E-state index is -0.336. The number of amides is 1. The Bertz CT molecular complexity index is 1070. The number of hydrogen-bond donors (Lipinski definition) is 0. The molecule has 0 saturated heterocycles. The fraction of sp³-hybridized carbons (Fsp3) is 0.100. The van der Waals surface area contributed by atoms with Gasteiger partial charge in [0, 0.05) is 5.56 Å². The number of furan rings is 1. The third-order valence-electron chi connectivity index (χ3n) is 4.05. The first kappa shape index (κ1) is 17.2. The molecule has 4 rings (SSSR count). The second kappa shape index (κ2) is 7.20. The molecular formula is C20H15FN2O3S. The molecule has 0 aliphatic carbocycles. The van der Waals surface area contributed by atoms with Gasteiger partial charge >= 0.3 is 0 Å². The average molecular weight is 382 g/mol. The lowest BCUT2D eigenvalue weighted by Crippen LogP contribution is -2.30. The first-order valence-electron chi connectivity index (χ1n) is 8.18. The molecule has 0 radical (unpaired) electrons. The summed E-state index contributed by atoms with van der Waals surface area (Å²) in [6, 6.07) is 14.8. The van der Waals surface area contributed by atoms with Gasteiger partial charge in [0.25, 0.3) is 5.91 Å². The Morgan fingerprint density at radius 2 is 2.04 bits per heavy atom. The molecule has 0 spiro atoms. The van der Waals surface area contributed by atoms with Crippen LogP contribution in [0.15, 0.2) is 65.3 Å². The van der Waals surface area contributed by atoms with Gasteiger partial charge in [-0.15, -0.1) is 0 Å². The average Bonchev–Trinajstić information content (AvgIpc) is 3.34. The van der Waals surface area contributed by atoms with Crippen LogP contribution in [0.3, 0.4) is 0 Å². The number of halogens is 1. The van der Waals surface area contributed by atoms with E-state index in [0.717, 1.165) is 0 Å². The Balaban J connectivity index is 1.73. The normalized spacial score (nSPS) is 10.9. The first-order chi connectivity index (χ1) is 13.1. The largest absolute Gasteiger partial charge is 0.497 e. The standard InChI is InChI=1S/C20H15FN2O3S/c1-25-15-7-4-13(5-8-15)19(24)23(12-16-3-2-10-26-16)20-22-17-9-6-14(21)11-18(17)27-20/h2-11H,12H2,1H3. The minimum Gasteiger partial charge on any atom is -0.497 e. The van der Waals surface area contributed by atoms with E-state index >= 15 is 0 Å². The summed E-state index contributed by atoms with van der Waals surface area (Å²) in [6.45, 7) is 0.222. The van der Waals surface area contributed by atoms with E-state index in [9.17, 15) is 9.18 Å². The van der Waals surface area contributed by atoms with Crippen LogP contribution in [0.5, 0.6) is 5.75 Å². The summed E-state index contributed by atoms with van der Waals surface area (Å²) in [5.41, 5.74) is 1.14. The van der Waals surface area contributed by atoms with Gasteiger partial charge in [0.15, 0.2) is 5.13 Å². The van der Waals surface area contributed by atoms with E-state index in [0.29, 0.717) is 32.4 Å². The van der Waals surface area contributed by atoms with Crippen molar-refractivity contribution in [1.29, 1.82) is 0 Å². The topological polar surface area (TPSA) is 55.6 Å². The van der Waals surface area contributed by atoms with Gasteiger partial charge in [0.2, 0.25) is 0 Å². The van der Waals surface area contributed by atoms with Crippen LogP contribution in [0, 0.1) is 5.82 Å². The van der Waals surface area contributed by atoms with Crippen molar-refractivity contribution in [2.45, 2.75) is 6.54 Å². The minimum absolute atomic E-state index is 0.222. The number of ether oxygens (including phenoxy) is 1. The number of carbonyl (C=O) groups is 1. The summed E-state index contributed by atoms with van der Waals surface area (Å²) >= 11 is 1.26. The molecule has 2 heterocycles. The summed E-state index contributed by atoms with van der Waals surface area (Å²) in [5, 5.41) is 0.479. The van der Waals surface area contributed by atoms with Gasteiger partial charge in [-0.1, -0.05) is 11.3 Å². The van der Waals surface area contributed by atoms with E-state index < -0.39 is 0 Å². The Kier molecular flexibility index (Phi) is 4.60. The zero-order chi connectivity index (χ0) is 18.8. The number of benzene rings is 2. The molecule has 2 aromatic heterocycles. The van der Waals surface area contributed by atoms with Crippen LogP contribution in [-0.4, -0.2) is 18.0 Å². The van der Waals surface area contributed by atoms with E-state index in [-0.39, 0.29) is 18.3 Å². The molecular weight excluding hydrogens is 367 g/mol. The molecule has 0 saturated carbocycles. The fourth-order valence-corrected chi connectivity index (χ4v) is 3.66. The number of hydrogen-bond acceptors (Lipinski definition) is 5. The molecule has 4 aromatic rings. The number of methoxy groups -OCH3 is 1. The van der Waals surface area contributed by atoms with Crippen molar-refractivity contribution in [3.8, 4) is 5.75 Å². The highest BCUT2D eigenvalue weighted by molar-refractivity contribution is 7.22. The molecule has 0 fully saturated rings. The van der Waals surface area contributed by atoms with E-state index in [4.69, 9.17) is 9.15 Å². The number of nitrogens with zero attached hydrogens (tertiary/aromatic N) is 2. The maximum Gasteiger partial charge on any atom is 0.260 e. The predicted molar refractivity (Wildman–Crippen MR) is 102 cm³/mol. The quantitative estimate of drug-likeness (QED) is 0.493. The molecule has 0 atom stereocenters. The Morgan fingerprint density at radius 1 is 1.22 bits per heavy atom. The van der Waals surface area contributed by atoms with Crippen molar-refractivity contribution in [3.05, 3.63) is 78.0 Å². The van der Waals surface area contributed by atoms with Crippen LogP contribution in [0.2, 0.25) is 0 Å². The zero-order valence-electron chi connectivity index (χ0n) is 14.4. The number of anilines is 1. The van der Waals surface area contributed by atoms with Gasteiger partial charge in [0.05, 0.1) is 30.1 Å². The lowest BCUT2D eigenvalue weighted by Gasteiger charge is -2.19. The van der Waals surface area contributed by atoms with Crippen molar-refractivity contribution in [3.63, 3.8) is 0 Å². The number of thiazole rings is 1. The third-order valence-corrected chi connectivity index (χ3v) is 5.09. The maximum absolute atomic E-state index is 13.5. The Morgan fingerprint density at radius 3 is 2.74 bits per heavy atom. The lowest BCUT2D eigenvalue weighted by molar-refractivity contribution is 0.0983. The van der Waals surface area contributed by atoms with E-state index in [2.05, 4.69) is 4.98 Å². The molecule has 0 bridgehead atoms. The fourth-order valence-electron chi connectivity index (χ4n) is 2.68. The molecule has 7 heteroatoms. The SMILES string of the molecule is COc1ccc(C(=O)N(Cc2ccco2)c2nc3ccc(F)cc3s2)cc1. The second-order valence-corrected chi connectivity index (χ2v) is 6.82. The molecule has 0 N–H and O–H groups in total. The van der Waals surface area contributed by atoms with E-state index in [1.54, 1.807) is 55.8 Å². The Labute approximate surface area is 158 Å². The number of fused-ring (bicyclic) bond motifs is 1. The van der Waals surface area contributed by atoms with Crippen LogP contribution in [0.4, 0.5) is 9.52 Å². The van der Waals surface area contributed by atoms with Crippen molar-refractivity contribution in [1.82, 2.24) is 4.98 Å².